The highest BCUT2D eigenvalue weighted by Gasteiger charge is 2.18. The average molecular weight is 313 g/mol. The Balaban J connectivity index is 1.93. The molecule has 0 atom stereocenters. The number of benzene rings is 2. The second kappa shape index (κ2) is 6.20. The number of nitrogens with zero attached hydrogens (tertiary/aromatic N) is 1. The molecule has 2 N–H and O–H groups in total. The van der Waals surface area contributed by atoms with Crippen LogP contribution in [0.4, 0.5) is 0 Å². The van der Waals surface area contributed by atoms with Gasteiger partial charge in [0.05, 0.1) is 14.2 Å². The fraction of sp³-hybridized carbons (Fsp3) is 0.278. The Morgan fingerprint density at radius 2 is 1.74 bits per heavy atom. The van der Waals surface area contributed by atoms with Crippen molar-refractivity contribution >= 4 is 5.71 Å². The van der Waals surface area contributed by atoms with Crippen LogP contribution >= 0.6 is 0 Å². The fourth-order valence-electron chi connectivity index (χ4n) is 2.83. The van der Waals surface area contributed by atoms with Crippen LogP contribution in [0.25, 0.3) is 0 Å². The van der Waals surface area contributed by atoms with E-state index in [0.29, 0.717) is 24.5 Å². The molecule has 2 aromatic rings. The van der Waals surface area contributed by atoms with Gasteiger partial charge in [0.15, 0.2) is 23.0 Å². The first kappa shape index (κ1) is 15.2. The summed E-state index contributed by atoms with van der Waals surface area (Å²) in [5.74, 6) is 1.15. The fourth-order valence-corrected chi connectivity index (χ4v) is 2.83. The van der Waals surface area contributed by atoms with Gasteiger partial charge in [-0.3, -0.25) is 4.99 Å². The lowest BCUT2D eigenvalue weighted by atomic mass is 9.93. The third kappa shape index (κ3) is 2.95. The lowest BCUT2D eigenvalue weighted by Gasteiger charge is -2.18. The van der Waals surface area contributed by atoms with E-state index < -0.39 is 0 Å². The Kier molecular flexibility index (Phi) is 4.10. The summed E-state index contributed by atoms with van der Waals surface area (Å²) in [5.41, 5.74) is 3.84. The molecule has 0 spiro atoms. The van der Waals surface area contributed by atoms with Crippen LogP contribution in [-0.2, 0) is 12.8 Å². The second-order valence-electron chi connectivity index (χ2n) is 5.44. The van der Waals surface area contributed by atoms with Crippen LogP contribution in [0.2, 0.25) is 0 Å². The van der Waals surface area contributed by atoms with Crippen LogP contribution in [0.5, 0.6) is 23.0 Å². The molecule has 0 aromatic heterocycles. The van der Waals surface area contributed by atoms with E-state index in [1.165, 1.54) is 0 Å². The molecule has 1 aliphatic heterocycles. The maximum atomic E-state index is 9.77. The Hall–Kier alpha value is -2.69. The van der Waals surface area contributed by atoms with Crippen molar-refractivity contribution in [3.63, 3.8) is 0 Å². The molecule has 0 unspecified atom stereocenters. The summed E-state index contributed by atoms with van der Waals surface area (Å²) < 4.78 is 10.6. The van der Waals surface area contributed by atoms with Crippen molar-refractivity contribution in [3.8, 4) is 23.0 Å². The van der Waals surface area contributed by atoms with Gasteiger partial charge in [0.2, 0.25) is 0 Å². The van der Waals surface area contributed by atoms with Crippen LogP contribution in [0, 0.1) is 0 Å². The molecule has 1 aliphatic rings. The predicted octanol–water partition coefficient (Wildman–Crippen LogP) is 2.70. The minimum absolute atomic E-state index is 0.0869. The molecule has 5 nitrogen and oxygen atoms in total. The van der Waals surface area contributed by atoms with Crippen molar-refractivity contribution < 1.29 is 19.7 Å². The summed E-state index contributed by atoms with van der Waals surface area (Å²) >= 11 is 0. The van der Waals surface area contributed by atoms with E-state index in [9.17, 15) is 10.2 Å². The maximum Gasteiger partial charge on any atom is 0.160 e. The minimum Gasteiger partial charge on any atom is -0.504 e. The molecule has 0 bridgehead atoms. The van der Waals surface area contributed by atoms with Gasteiger partial charge in [0, 0.05) is 24.2 Å². The van der Waals surface area contributed by atoms with Crippen LogP contribution in [0.1, 0.15) is 16.7 Å². The van der Waals surface area contributed by atoms with Gasteiger partial charge in [-0.25, -0.2) is 0 Å². The van der Waals surface area contributed by atoms with E-state index in [1.54, 1.807) is 26.4 Å². The number of rotatable bonds is 4. The van der Waals surface area contributed by atoms with Gasteiger partial charge >= 0.3 is 0 Å². The summed E-state index contributed by atoms with van der Waals surface area (Å²) in [6, 6.07) is 8.97. The summed E-state index contributed by atoms with van der Waals surface area (Å²) in [5, 5.41) is 19.4. The number of ether oxygens (including phenoxy) is 2. The largest absolute Gasteiger partial charge is 0.504 e. The molecule has 120 valence electrons. The Labute approximate surface area is 134 Å². The molecule has 23 heavy (non-hydrogen) atoms. The van der Waals surface area contributed by atoms with Gasteiger partial charge in [-0.1, -0.05) is 6.07 Å². The second-order valence-corrected chi connectivity index (χ2v) is 5.44. The number of fused-ring (bicyclic) bond motifs is 1. The molecule has 0 fully saturated rings. The number of phenolic OH excluding ortho intramolecular Hbond substituents is 2. The molecule has 0 saturated heterocycles. The SMILES string of the molecule is COc1ccc(CC2=NCCc3cc(O)c(O)cc32)cc1OC. The standard InChI is InChI=1S/C18H19NO4/c1-22-17-4-3-11(8-18(17)23-2)7-14-13-10-16(21)15(20)9-12(13)5-6-19-14/h3-4,8-10,20-21H,5-7H2,1-2H3. The van der Waals surface area contributed by atoms with Crippen molar-refractivity contribution in [3.05, 3.63) is 47.0 Å². The number of phenols is 2. The first-order chi connectivity index (χ1) is 11.1. The van der Waals surface area contributed by atoms with Gasteiger partial charge in [-0.2, -0.15) is 0 Å². The Bertz CT molecular complexity index is 768. The number of hydrogen-bond donors (Lipinski definition) is 2. The molecule has 2 aromatic carbocycles. The first-order valence-electron chi connectivity index (χ1n) is 7.42. The van der Waals surface area contributed by atoms with E-state index in [-0.39, 0.29) is 11.5 Å². The van der Waals surface area contributed by atoms with Crippen molar-refractivity contribution in [1.29, 1.82) is 0 Å². The normalized spacial score (nSPS) is 13.2. The molecule has 0 saturated carbocycles. The van der Waals surface area contributed by atoms with Crippen molar-refractivity contribution in [2.45, 2.75) is 12.8 Å². The van der Waals surface area contributed by atoms with Crippen LogP contribution in [0.15, 0.2) is 35.3 Å². The monoisotopic (exact) mass is 313 g/mol. The number of methoxy groups -OCH3 is 2. The highest BCUT2D eigenvalue weighted by Crippen LogP contribution is 2.32. The zero-order valence-corrected chi connectivity index (χ0v) is 13.2. The predicted molar refractivity (Wildman–Crippen MR) is 88.1 cm³/mol. The van der Waals surface area contributed by atoms with Gasteiger partial charge in [-0.15, -0.1) is 0 Å². The van der Waals surface area contributed by atoms with E-state index >= 15 is 0 Å². The molecule has 3 rings (SSSR count). The van der Waals surface area contributed by atoms with Gasteiger partial charge in [0.1, 0.15) is 0 Å². The van der Waals surface area contributed by atoms with E-state index in [4.69, 9.17) is 9.47 Å². The Morgan fingerprint density at radius 3 is 2.48 bits per heavy atom. The highest BCUT2D eigenvalue weighted by atomic mass is 16.5. The molecule has 0 radical (unpaired) electrons. The highest BCUT2D eigenvalue weighted by molar-refractivity contribution is 6.04. The molecular formula is C18H19NO4. The zero-order valence-electron chi connectivity index (χ0n) is 13.2. The molecule has 0 amide bonds. The van der Waals surface area contributed by atoms with E-state index in [0.717, 1.165) is 28.8 Å². The van der Waals surface area contributed by atoms with Crippen molar-refractivity contribution in [1.82, 2.24) is 0 Å². The lowest BCUT2D eigenvalue weighted by molar-refractivity contribution is 0.354. The van der Waals surface area contributed by atoms with Crippen molar-refractivity contribution in [2.75, 3.05) is 20.8 Å². The molecule has 1 heterocycles. The third-order valence-corrected chi connectivity index (χ3v) is 4.01. The summed E-state index contributed by atoms with van der Waals surface area (Å²) in [6.07, 6.45) is 1.39. The van der Waals surface area contributed by atoms with Crippen molar-refractivity contribution in [2.24, 2.45) is 4.99 Å². The average Bonchev–Trinajstić information content (AvgIpc) is 2.56. The maximum absolute atomic E-state index is 9.77. The Morgan fingerprint density at radius 1 is 1.00 bits per heavy atom. The third-order valence-electron chi connectivity index (χ3n) is 4.01. The van der Waals surface area contributed by atoms with Crippen LogP contribution in [0.3, 0.4) is 0 Å². The lowest BCUT2D eigenvalue weighted by Crippen LogP contribution is -2.15. The molecule has 5 heteroatoms. The number of hydrogen-bond acceptors (Lipinski definition) is 5. The van der Waals surface area contributed by atoms with Gasteiger partial charge < -0.3 is 19.7 Å². The summed E-state index contributed by atoms with van der Waals surface area (Å²) in [4.78, 5) is 4.59. The quantitative estimate of drug-likeness (QED) is 0.851. The van der Waals surface area contributed by atoms with E-state index in [1.807, 2.05) is 18.2 Å². The zero-order chi connectivity index (χ0) is 16.4. The minimum atomic E-state index is -0.120. The molecular weight excluding hydrogens is 294 g/mol. The summed E-state index contributed by atoms with van der Waals surface area (Å²) in [7, 11) is 3.21. The number of aliphatic imine (C=N–C) groups is 1. The number of aromatic hydroxyl groups is 2. The van der Waals surface area contributed by atoms with Crippen LogP contribution in [-0.4, -0.2) is 36.7 Å². The summed E-state index contributed by atoms with van der Waals surface area (Å²) in [6.45, 7) is 0.680. The van der Waals surface area contributed by atoms with Gasteiger partial charge in [-0.05, 0) is 41.8 Å². The first-order valence-corrected chi connectivity index (χ1v) is 7.42. The smallest absolute Gasteiger partial charge is 0.160 e. The topological polar surface area (TPSA) is 71.3 Å². The molecule has 0 aliphatic carbocycles. The van der Waals surface area contributed by atoms with Gasteiger partial charge in [0.25, 0.3) is 0 Å². The van der Waals surface area contributed by atoms with E-state index in [2.05, 4.69) is 4.99 Å². The van der Waals surface area contributed by atoms with Crippen LogP contribution < -0.4 is 9.47 Å².